The Morgan fingerprint density at radius 1 is 1.37 bits per heavy atom. The Labute approximate surface area is 112 Å². The highest BCUT2D eigenvalue weighted by atomic mass is 16.6. The van der Waals surface area contributed by atoms with Crippen LogP contribution in [-0.2, 0) is 0 Å². The molecule has 0 saturated carbocycles. The lowest BCUT2D eigenvalue weighted by Crippen LogP contribution is -2.22. The van der Waals surface area contributed by atoms with Gasteiger partial charge in [0, 0.05) is 24.7 Å². The Balaban J connectivity index is 2.94. The number of hydrogen-bond acceptors (Lipinski definition) is 4. The summed E-state index contributed by atoms with van der Waals surface area (Å²) in [4.78, 5) is 22.2. The summed E-state index contributed by atoms with van der Waals surface area (Å²) in [6.07, 6.45) is 1.95. The zero-order valence-corrected chi connectivity index (χ0v) is 11.2. The second kappa shape index (κ2) is 7.35. The van der Waals surface area contributed by atoms with E-state index in [-0.39, 0.29) is 11.6 Å². The third-order valence-corrected chi connectivity index (χ3v) is 2.64. The Hall–Kier alpha value is -2.11. The SMILES string of the molecule is CCCCNc1ccc(C(=O)NCC)cc1[N+](=O)[O-]. The molecule has 0 aromatic heterocycles. The normalized spacial score (nSPS) is 10.0. The van der Waals surface area contributed by atoms with E-state index in [1.807, 2.05) is 6.92 Å². The van der Waals surface area contributed by atoms with Crippen LogP contribution in [0.3, 0.4) is 0 Å². The second-order valence-corrected chi connectivity index (χ2v) is 4.13. The van der Waals surface area contributed by atoms with E-state index in [0.29, 0.717) is 24.3 Å². The van der Waals surface area contributed by atoms with Gasteiger partial charge in [-0.3, -0.25) is 14.9 Å². The number of nitrogens with one attached hydrogen (secondary N) is 2. The van der Waals surface area contributed by atoms with Crippen molar-refractivity contribution in [1.82, 2.24) is 5.32 Å². The van der Waals surface area contributed by atoms with Crippen molar-refractivity contribution in [2.45, 2.75) is 26.7 Å². The predicted octanol–water partition coefficient (Wildman–Crippen LogP) is 2.56. The van der Waals surface area contributed by atoms with Crippen LogP contribution in [0.25, 0.3) is 0 Å². The van der Waals surface area contributed by atoms with Crippen molar-refractivity contribution in [3.8, 4) is 0 Å². The summed E-state index contributed by atoms with van der Waals surface area (Å²) in [6, 6.07) is 4.48. The first-order valence-corrected chi connectivity index (χ1v) is 6.40. The molecular formula is C13H19N3O3. The Morgan fingerprint density at radius 3 is 2.68 bits per heavy atom. The van der Waals surface area contributed by atoms with Gasteiger partial charge in [-0.15, -0.1) is 0 Å². The summed E-state index contributed by atoms with van der Waals surface area (Å²) in [5.41, 5.74) is 0.681. The summed E-state index contributed by atoms with van der Waals surface area (Å²) in [5, 5.41) is 16.7. The minimum atomic E-state index is -0.475. The lowest BCUT2D eigenvalue weighted by atomic mass is 10.1. The summed E-state index contributed by atoms with van der Waals surface area (Å²) < 4.78 is 0. The molecule has 6 heteroatoms. The monoisotopic (exact) mass is 265 g/mol. The highest BCUT2D eigenvalue weighted by Crippen LogP contribution is 2.25. The quantitative estimate of drug-likeness (QED) is 0.451. The van der Waals surface area contributed by atoms with E-state index in [4.69, 9.17) is 0 Å². The van der Waals surface area contributed by atoms with Gasteiger partial charge < -0.3 is 10.6 Å². The first-order valence-electron chi connectivity index (χ1n) is 6.40. The second-order valence-electron chi connectivity index (χ2n) is 4.13. The van der Waals surface area contributed by atoms with Crippen molar-refractivity contribution in [2.24, 2.45) is 0 Å². The van der Waals surface area contributed by atoms with E-state index < -0.39 is 4.92 Å². The van der Waals surface area contributed by atoms with Crippen LogP contribution < -0.4 is 10.6 Å². The van der Waals surface area contributed by atoms with Crippen LogP contribution in [0, 0.1) is 10.1 Å². The molecule has 0 aliphatic rings. The summed E-state index contributed by atoms with van der Waals surface area (Å²) >= 11 is 0. The maximum Gasteiger partial charge on any atom is 0.293 e. The third kappa shape index (κ3) is 4.24. The van der Waals surface area contributed by atoms with Crippen molar-refractivity contribution in [3.05, 3.63) is 33.9 Å². The zero-order chi connectivity index (χ0) is 14.3. The molecule has 0 fully saturated rings. The van der Waals surface area contributed by atoms with E-state index in [2.05, 4.69) is 10.6 Å². The molecule has 0 aliphatic carbocycles. The summed E-state index contributed by atoms with van der Waals surface area (Å²) in [5.74, 6) is -0.300. The number of carbonyl (C=O) groups is 1. The van der Waals surface area contributed by atoms with Crippen molar-refractivity contribution in [1.29, 1.82) is 0 Å². The predicted molar refractivity (Wildman–Crippen MR) is 74.5 cm³/mol. The van der Waals surface area contributed by atoms with Gasteiger partial charge in [0.25, 0.3) is 11.6 Å². The molecule has 6 nitrogen and oxygen atoms in total. The number of carbonyl (C=O) groups excluding carboxylic acids is 1. The number of rotatable bonds is 7. The average molecular weight is 265 g/mol. The maximum absolute atomic E-state index is 11.6. The molecule has 0 saturated heterocycles. The molecule has 1 aromatic carbocycles. The van der Waals surface area contributed by atoms with Gasteiger partial charge in [0.05, 0.1) is 4.92 Å². The molecule has 0 spiro atoms. The van der Waals surface area contributed by atoms with Gasteiger partial charge in [-0.1, -0.05) is 13.3 Å². The number of nitro benzene ring substituents is 1. The van der Waals surface area contributed by atoms with E-state index in [1.165, 1.54) is 6.07 Å². The number of amides is 1. The van der Waals surface area contributed by atoms with Gasteiger partial charge in [0.15, 0.2) is 0 Å². The van der Waals surface area contributed by atoms with Crippen LogP contribution in [0.1, 0.15) is 37.0 Å². The molecule has 0 unspecified atom stereocenters. The van der Waals surface area contributed by atoms with Crippen LogP contribution in [0.5, 0.6) is 0 Å². The van der Waals surface area contributed by atoms with Crippen LogP contribution >= 0.6 is 0 Å². The highest BCUT2D eigenvalue weighted by molar-refractivity contribution is 5.95. The number of nitrogens with zero attached hydrogens (tertiary/aromatic N) is 1. The van der Waals surface area contributed by atoms with Crippen LogP contribution in [-0.4, -0.2) is 23.9 Å². The van der Waals surface area contributed by atoms with Gasteiger partial charge in [-0.25, -0.2) is 0 Å². The fourth-order valence-electron chi connectivity index (χ4n) is 1.64. The molecule has 1 amide bonds. The molecule has 0 radical (unpaired) electrons. The highest BCUT2D eigenvalue weighted by Gasteiger charge is 2.16. The van der Waals surface area contributed by atoms with Crippen LogP contribution in [0.2, 0.25) is 0 Å². The number of anilines is 1. The molecule has 1 aromatic rings. The Bertz CT molecular complexity index is 460. The molecule has 104 valence electrons. The van der Waals surface area contributed by atoms with Crippen LogP contribution in [0.15, 0.2) is 18.2 Å². The van der Waals surface area contributed by atoms with Gasteiger partial charge in [0.1, 0.15) is 5.69 Å². The lowest BCUT2D eigenvalue weighted by Gasteiger charge is -2.08. The van der Waals surface area contributed by atoms with Gasteiger partial charge in [-0.05, 0) is 25.5 Å². The van der Waals surface area contributed by atoms with E-state index in [0.717, 1.165) is 12.8 Å². The minimum absolute atomic E-state index is 0.0696. The number of benzene rings is 1. The molecule has 1 rings (SSSR count). The molecule has 19 heavy (non-hydrogen) atoms. The molecule has 0 atom stereocenters. The van der Waals surface area contributed by atoms with Crippen molar-refractivity contribution in [2.75, 3.05) is 18.4 Å². The Kier molecular flexibility index (Phi) is 5.78. The van der Waals surface area contributed by atoms with Gasteiger partial charge >= 0.3 is 0 Å². The third-order valence-electron chi connectivity index (χ3n) is 2.64. The lowest BCUT2D eigenvalue weighted by molar-refractivity contribution is -0.384. The van der Waals surface area contributed by atoms with Crippen molar-refractivity contribution in [3.63, 3.8) is 0 Å². The van der Waals surface area contributed by atoms with E-state index in [1.54, 1.807) is 19.1 Å². The number of hydrogen-bond donors (Lipinski definition) is 2. The van der Waals surface area contributed by atoms with Crippen LogP contribution in [0.4, 0.5) is 11.4 Å². The van der Waals surface area contributed by atoms with E-state index in [9.17, 15) is 14.9 Å². The van der Waals surface area contributed by atoms with Crippen molar-refractivity contribution < 1.29 is 9.72 Å². The molecule has 0 aliphatic heterocycles. The minimum Gasteiger partial charge on any atom is -0.379 e. The first-order chi connectivity index (χ1) is 9.10. The fourth-order valence-corrected chi connectivity index (χ4v) is 1.64. The topological polar surface area (TPSA) is 84.3 Å². The van der Waals surface area contributed by atoms with E-state index >= 15 is 0 Å². The summed E-state index contributed by atoms with van der Waals surface area (Å²) in [7, 11) is 0. The van der Waals surface area contributed by atoms with Gasteiger partial charge in [0.2, 0.25) is 0 Å². The fraction of sp³-hybridized carbons (Fsp3) is 0.462. The summed E-state index contributed by atoms with van der Waals surface area (Å²) in [6.45, 7) is 5.02. The zero-order valence-electron chi connectivity index (χ0n) is 11.2. The smallest absolute Gasteiger partial charge is 0.293 e. The molecule has 2 N–H and O–H groups in total. The van der Waals surface area contributed by atoms with Crippen molar-refractivity contribution >= 4 is 17.3 Å². The maximum atomic E-state index is 11.6. The standard InChI is InChI=1S/C13H19N3O3/c1-3-5-8-15-11-7-6-10(13(17)14-4-2)9-12(11)16(18)19/h6-7,9,15H,3-5,8H2,1-2H3,(H,14,17). The number of unbranched alkanes of at least 4 members (excludes halogenated alkanes) is 1. The first kappa shape index (κ1) is 14.9. The average Bonchev–Trinajstić information content (AvgIpc) is 2.39. The number of nitro groups is 1. The largest absolute Gasteiger partial charge is 0.379 e. The molecular weight excluding hydrogens is 246 g/mol. The van der Waals surface area contributed by atoms with Gasteiger partial charge in [-0.2, -0.15) is 0 Å². The molecule has 0 bridgehead atoms. The molecule has 0 heterocycles. The Morgan fingerprint density at radius 2 is 2.11 bits per heavy atom.